The zero-order chi connectivity index (χ0) is 11.7. The van der Waals surface area contributed by atoms with Gasteiger partial charge in [-0.2, -0.15) is 0 Å². The molecule has 0 unspecified atom stereocenters. The van der Waals surface area contributed by atoms with Gasteiger partial charge in [-0.25, -0.2) is 0 Å². The summed E-state index contributed by atoms with van der Waals surface area (Å²) in [5.74, 6) is 0.228. The average Bonchev–Trinajstić information content (AvgIpc) is 2.33. The second kappa shape index (κ2) is 4.09. The number of fused-ring (bicyclic) bond motifs is 1. The molecule has 0 atom stereocenters. The van der Waals surface area contributed by atoms with Crippen LogP contribution >= 0.6 is 0 Å². The molecule has 1 nitrogen and oxygen atoms in total. The molecule has 0 saturated heterocycles. The molecule has 0 bridgehead atoms. The molecule has 16 heavy (non-hydrogen) atoms. The molecule has 0 radical (unpaired) electrons. The summed E-state index contributed by atoms with van der Waals surface area (Å²) in [7, 11) is 0. The van der Waals surface area contributed by atoms with Crippen molar-refractivity contribution in [2.75, 3.05) is 0 Å². The van der Waals surface area contributed by atoms with Crippen LogP contribution in [0, 0.1) is 13.8 Å². The van der Waals surface area contributed by atoms with Crippen molar-refractivity contribution in [3.8, 4) is 0 Å². The standard InChI is InChI=1S/C15H16O/c1-4-15(16)14-9-12-7-5-6-8-13(12)10(2)11(14)3/h5-9H,4H2,1-3H3. The Morgan fingerprint density at radius 2 is 1.81 bits per heavy atom. The number of benzene rings is 2. The predicted octanol–water partition coefficient (Wildman–Crippen LogP) is 4.05. The van der Waals surface area contributed by atoms with Crippen molar-refractivity contribution in [2.24, 2.45) is 0 Å². The summed E-state index contributed by atoms with van der Waals surface area (Å²) in [5, 5.41) is 2.40. The zero-order valence-corrected chi connectivity index (χ0v) is 10.0. The molecule has 0 aromatic heterocycles. The van der Waals surface area contributed by atoms with Gasteiger partial charge in [-0.3, -0.25) is 4.79 Å². The number of ketones is 1. The molecule has 0 amide bonds. The van der Waals surface area contributed by atoms with E-state index in [1.54, 1.807) is 0 Å². The maximum absolute atomic E-state index is 11.8. The van der Waals surface area contributed by atoms with E-state index in [2.05, 4.69) is 19.1 Å². The number of carbonyl (C=O) groups excluding carboxylic acids is 1. The summed E-state index contributed by atoms with van der Waals surface area (Å²) < 4.78 is 0. The minimum Gasteiger partial charge on any atom is -0.294 e. The first-order valence-electron chi connectivity index (χ1n) is 5.67. The first-order valence-corrected chi connectivity index (χ1v) is 5.67. The van der Waals surface area contributed by atoms with E-state index in [9.17, 15) is 4.79 Å². The topological polar surface area (TPSA) is 17.1 Å². The predicted molar refractivity (Wildman–Crippen MR) is 68.0 cm³/mol. The summed E-state index contributed by atoms with van der Waals surface area (Å²) >= 11 is 0. The number of hydrogen-bond donors (Lipinski definition) is 0. The molecule has 0 aliphatic rings. The Bertz CT molecular complexity index is 553. The Morgan fingerprint density at radius 3 is 2.50 bits per heavy atom. The van der Waals surface area contributed by atoms with Gasteiger partial charge in [0, 0.05) is 12.0 Å². The van der Waals surface area contributed by atoms with Crippen molar-refractivity contribution < 1.29 is 4.79 Å². The van der Waals surface area contributed by atoms with Crippen LogP contribution in [0.3, 0.4) is 0 Å². The van der Waals surface area contributed by atoms with Gasteiger partial charge in [0.1, 0.15) is 0 Å². The van der Waals surface area contributed by atoms with E-state index in [-0.39, 0.29) is 5.78 Å². The Morgan fingerprint density at radius 1 is 1.12 bits per heavy atom. The normalized spacial score (nSPS) is 10.7. The lowest BCUT2D eigenvalue weighted by Crippen LogP contribution is -2.01. The van der Waals surface area contributed by atoms with Crippen LogP contribution in [0.1, 0.15) is 34.8 Å². The van der Waals surface area contributed by atoms with Gasteiger partial charge in [0.05, 0.1) is 0 Å². The van der Waals surface area contributed by atoms with Crippen molar-refractivity contribution in [2.45, 2.75) is 27.2 Å². The summed E-state index contributed by atoms with van der Waals surface area (Å²) in [4.78, 5) is 11.8. The van der Waals surface area contributed by atoms with Gasteiger partial charge >= 0.3 is 0 Å². The van der Waals surface area contributed by atoms with Crippen LogP contribution in [-0.4, -0.2) is 5.78 Å². The molecule has 0 N–H and O–H groups in total. The highest BCUT2D eigenvalue weighted by atomic mass is 16.1. The van der Waals surface area contributed by atoms with Crippen LogP contribution in [0.5, 0.6) is 0 Å². The number of Topliss-reactive ketones (excluding diaryl/α,β-unsaturated/α-hetero) is 1. The van der Waals surface area contributed by atoms with Gasteiger partial charge in [-0.15, -0.1) is 0 Å². The molecule has 0 spiro atoms. The largest absolute Gasteiger partial charge is 0.294 e. The Balaban J connectivity index is 2.78. The van der Waals surface area contributed by atoms with E-state index in [1.807, 2.05) is 32.0 Å². The number of rotatable bonds is 2. The van der Waals surface area contributed by atoms with Crippen LogP contribution in [0.25, 0.3) is 10.8 Å². The SMILES string of the molecule is CCC(=O)c1cc2ccccc2c(C)c1C. The van der Waals surface area contributed by atoms with Gasteiger partial charge < -0.3 is 0 Å². The fraction of sp³-hybridized carbons (Fsp3) is 0.267. The second-order valence-corrected chi connectivity index (χ2v) is 4.17. The lowest BCUT2D eigenvalue weighted by atomic mass is 9.93. The number of carbonyl (C=O) groups is 1. The van der Waals surface area contributed by atoms with Crippen LogP contribution in [0.4, 0.5) is 0 Å². The minimum atomic E-state index is 0.228. The van der Waals surface area contributed by atoms with Crippen molar-refractivity contribution >= 4 is 16.6 Å². The van der Waals surface area contributed by atoms with Crippen LogP contribution in [-0.2, 0) is 0 Å². The first-order chi connectivity index (χ1) is 7.65. The molecular formula is C15H16O. The zero-order valence-electron chi connectivity index (χ0n) is 10.0. The van der Waals surface area contributed by atoms with Gasteiger partial charge in [0.25, 0.3) is 0 Å². The molecule has 1 heteroatoms. The molecule has 0 aliphatic carbocycles. The van der Waals surface area contributed by atoms with E-state index in [0.717, 1.165) is 16.5 Å². The Kier molecular flexibility index (Phi) is 2.78. The molecule has 0 aliphatic heterocycles. The molecule has 0 heterocycles. The van der Waals surface area contributed by atoms with Crippen LogP contribution < -0.4 is 0 Å². The van der Waals surface area contributed by atoms with Gasteiger partial charge in [0.2, 0.25) is 0 Å². The van der Waals surface area contributed by atoms with E-state index in [0.29, 0.717) is 6.42 Å². The van der Waals surface area contributed by atoms with Crippen molar-refractivity contribution in [1.82, 2.24) is 0 Å². The van der Waals surface area contributed by atoms with Crippen molar-refractivity contribution in [3.63, 3.8) is 0 Å². The summed E-state index contributed by atoms with van der Waals surface area (Å²) in [6.45, 7) is 6.03. The van der Waals surface area contributed by atoms with Crippen LogP contribution in [0.15, 0.2) is 30.3 Å². The Hall–Kier alpha value is -1.63. The fourth-order valence-corrected chi connectivity index (χ4v) is 2.11. The molecule has 82 valence electrons. The summed E-state index contributed by atoms with van der Waals surface area (Å²) in [6, 6.07) is 10.2. The van der Waals surface area contributed by atoms with E-state index < -0.39 is 0 Å². The maximum atomic E-state index is 11.8. The highest BCUT2D eigenvalue weighted by molar-refractivity contribution is 6.02. The van der Waals surface area contributed by atoms with Gasteiger partial charge in [-0.1, -0.05) is 31.2 Å². The average molecular weight is 212 g/mol. The van der Waals surface area contributed by atoms with E-state index in [4.69, 9.17) is 0 Å². The molecule has 0 fully saturated rings. The van der Waals surface area contributed by atoms with E-state index in [1.165, 1.54) is 10.9 Å². The van der Waals surface area contributed by atoms with Crippen LogP contribution in [0.2, 0.25) is 0 Å². The maximum Gasteiger partial charge on any atom is 0.162 e. The third kappa shape index (κ3) is 1.63. The monoisotopic (exact) mass is 212 g/mol. The summed E-state index contributed by atoms with van der Waals surface area (Å²) in [5.41, 5.74) is 3.21. The molecular weight excluding hydrogens is 196 g/mol. The third-order valence-electron chi connectivity index (χ3n) is 3.25. The fourth-order valence-electron chi connectivity index (χ4n) is 2.11. The molecule has 0 saturated carbocycles. The molecule has 2 rings (SSSR count). The number of aryl methyl sites for hydroxylation is 1. The lowest BCUT2D eigenvalue weighted by molar-refractivity contribution is 0.0987. The smallest absolute Gasteiger partial charge is 0.162 e. The highest BCUT2D eigenvalue weighted by Crippen LogP contribution is 2.25. The lowest BCUT2D eigenvalue weighted by Gasteiger charge is -2.10. The second-order valence-electron chi connectivity index (χ2n) is 4.17. The summed E-state index contributed by atoms with van der Waals surface area (Å²) in [6.07, 6.45) is 0.568. The third-order valence-corrected chi connectivity index (χ3v) is 3.25. The Labute approximate surface area is 96.1 Å². The van der Waals surface area contributed by atoms with Crippen molar-refractivity contribution in [1.29, 1.82) is 0 Å². The van der Waals surface area contributed by atoms with Gasteiger partial charge in [-0.05, 0) is 41.8 Å². The van der Waals surface area contributed by atoms with Gasteiger partial charge in [0.15, 0.2) is 5.78 Å². The van der Waals surface area contributed by atoms with Crippen molar-refractivity contribution in [3.05, 3.63) is 47.0 Å². The number of hydrogen-bond acceptors (Lipinski definition) is 1. The minimum absolute atomic E-state index is 0.228. The van der Waals surface area contributed by atoms with E-state index >= 15 is 0 Å². The molecule has 2 aromatic rings. The first kappa shape index (κ1) is 10.9. The quantitative estimate of drug-likeness (QED) is 0.686. The molecule has 2 aromatic carbocycles. The highest BCUT2D eigenvalue weighted by Gasteiger charge is 2.11.